The summed E-state index contributed by atoms with van der Waals surface area (Å²) in [5.41, 5.74) is 0. The smallest absolute Gasteiger partial charge is 0.230 e. The van der Waals surface area contributed by atoms with E-state index in [1.165, 1.54) is 4.88 Å². The van der Waals surface area contributed by atoms with Crippen LogP contribution < -0.4 is 5.32 Å². The van der Waals surface area contributed by atoms with E-state index in [2.05, 4.69) is 5.32 Å². The van der Waals surface area contributed by atoms with E-state index in [1.54, 1.807) is 11.3 Å². The number of rotatable bonds is 3. The average molecular weight is 281 g/mol. The van der Waals surface area contributed by atoms with Gasteiger partial charge in [0.05, 0.1) is 11.0 Å². The van der Waals surface area contributed by atoms with Gasteiger partial charge < -0.3 is 5.32 Å². The third kappa shape index (κ3) is 3.20. The van der Waals surface area contributed by atoms with Crippen molar-refractivity contribution < 1.29 is 4.79 Å². The van der Waals surface area contributed by atoms with Crippen LogP contribution in [0.1, 0.15) is 4.88 Å². The second-order valence-electron chi connectivity index (χ2n) is 1.99. The minimum atomic E-state index is 0.0963. The molecule has 0 aliphatic rings. The molecule has 0 radical (unpaired) electrons. The number of alkyl halides is 1. The summed E-state index contributed by atoms with van der Waals surface area (Å²) in [6, 6.07) is 3.99. The second-order valence-corrected chi connectivity index (χ2v) is 3.78. The van der Waals surface area contributed by atoms with E-state index in [9.17, 15) is 4.79 Å². The lowest BCUT2D eigenvalue weighted by Crippen LogP contribution is -2.22. The summed E-state index contributed by atoms with van der Waals surface area (Å²) in [5, 5.41) is 4.80. The Morgan fingerprint density at radius 3 is 3.09 bits per heavy atom. The van der Waals surface area contributed by atoms with Crippen LogP contribution in [0.4, 0.5) is 0 Å². The van der Waals surface area contributed by atoms with Gasteiger partial charge in [-0.25, -0.2) is 0 Å². The van der Waals surface area contributed by atoms with Crippen molar-refractivity contribution in [1.29, 1.82) is 0 Å². The summed E-state index contributed by atoms with van der Waals surface area (Å²) in [6.07, 6.45) is 0. The van der Waals surface area contributed by atoms with E-state index in [0.29, 0.717) is 11.0 Å². The summed E-state index contributed by atoms with van der Waals surface area (Å²) in [4.78, 5) is 12.0. The van der Waals surface area contributed by atoms with E-state index < -0.39 is 0 Å². The molecule has 0 aliphatic carbocycles. The van der Waals surface area contributed by atoms with Crippen molar-refractivity contribution in [3.05, 3.63) is 22.4 Å². The summed E-state index contributed by atoms with van der Waals surface area (Å²) < 4.78 is 0.531. The molecule has 1 aromatic rings. The zero-order valence-electron chi connectivity index (χ0n) is 5.84. The van der Waals surface area contributed by atoms with Crippen molar-refractivity contribution in [1.82, 2.24) is 5.32 Å². The quantitative estimate of drug-likeness (QED) is 0.664. The predicted molar refractivity (Wildman–Crippen MR) is 55.1 cm³/mol. The van der Waals surface area contributed by atoms with Crippen LogP contribution in [0.2, 0.25) is 0 Å². The molecule has 1 heterocycles. The fraction of sp³-hybridized carbons (Fsp3) is 0.286. The first-order chi connectivity index (χ1) is 5.33. The summed E-state index contributed by atoms with van der Waals surface area (Å²) in [6.45, 7) is 0.666. The van der Waals surface area contributed by atoms with Crippen molar-refractivity contribution in [3.63, 3.8) is 0 Å². The largest absolute Gasteiger partial charge is 0.351 e. The van der Waals surface area contributed by atoms with Gasteiger partial charge in [-0.2, -0.15) is 0 Å². The van der Waals surface area contributed by atoms with Crippen molar-refractivity contribution in [2.45, 2.75) is 6.54 Å². The van der Waals surface area contributed by atoms with Crippen LogP contribution in [-0.2, 0) is 11.3 Å². The highest BCUT2D eigenvalue weighted by molar-refractivity contribution is 14.1. The van der Waals surface area contributed by atoms with E-state index in [1.807, 2.05) is 40.1 Å². The van der Waals surface area contributed by atoms with Gasteiger partial charge in [0.2, 0.25) is 5.91 Å². The molecule has 0 atom stereocenters. The van der Waals surface area contributed by atoms with Crippen molar-refractivity contribution in [3.8, 4) is 0 Å². The third-order valence-corrected chi connectivity index (χ3v) is 2.73. The molecule has 60 valence electrons. The van der Waals surface area contributed by atoms with Gasteiger partial charge in [-0.3, -0.25) is 4.79 Å². The number of amides is 1. The summed E-state index contributed by atoms with van der Waals surface area (Å²) in [7, 11) is 0. The maximum atomic E-state index is 10.8. The average Bonchev–Trinajstić information content (AvgIpc) is 2.52. The summed E-state index contributed by atoms with van der Waals surface area (Å²) in [5.74, 6) is 0.0963. The van der Waals surface area contributed by atoms with Gasteiger partial charge >= 0.3 is 0 Å². The molecule has 1 amide bonds. The Morgan fingerprint density at radius 2 is 2.55 bits per heavy atom. The molecule has 0 saturated carbocycles. The Kier molecular flexibility index (Phi) is 3.85. The molecular formula is C7H8INOS. The molecule has 0 unspecified atom stereocenters. The molecule has 11 heavy (non-hydrogen) atoms. The van der Waals surface area contributed by atoms with Crippen LogP contribution in [0.5, 0.6) is 0 Å². The molecule has 0 aromatic carbocycles. The molecule has 0 spiro atoms. The van der Waals surface area contributed by atoms with Gasteiger partial charge in [0.25, 0.3) is 0 Å². The van der Waals surface area contributed by atoms with Gasteiger partial charge in [0.1, 0.15) is 0 Å². The minimum Gasteiger partial charge on any atom is -0.351 e. The lowest BCUT2D eigenvalue weighted by molar-refractivity contribution is -0.118. The topological polar surface area (TPSA) is 29.1 Å². The minimum absolute atomic E-state index is 0.0963. The molecule has 0 saturated heterocycles. The zero-order chi connectivity index (χ0) is 8.10. The van der Waals surface area contributed by atoms with Gasteiger partial charge in [-0.15, -0.1) is 11.3 Å². The number of hydrogen-bond donors (Lipinski definition) is 1. The van der Waals surface area contributed by atoms with Crippen molar-refractivity contribution in [2.24, 2.45) is 0 Å². The van der Waals surface area contributed by atoms with E-state index in [-0.39, 0.29) is 5.91 Å². The standard InChI is InChI=1S/C7H8INOS/c8-4-7(10)9-5-6-2-1-3-11-6/h1-3H,4-5H2,(H,9,10). The van der Waals surface area contributed by atoms with E-state index in [4.69, 9.17) is 0 Å². The Bertz CT molecular complexity index is 222. The first kappa shape index (κ1) is 8.99. The molecule has 1 rings (SSSR count). The lowest BCUT2D eigenvalue weighted by Gasteiger charge is -1.98. The zero-order valence-corrected chi connectivity index (χ0v) is 8.81. The van der Waals surface area contributed by atoms with E-state index in [0.717, 1.165) is 0 Å². The van der Waals surface area contributed by atoms with Crippen molar-refractivity contribution >= 4 is 39.8 Å². The molecular weight excluding hydrogens is 273 g/mol. The third-order valence-electron chi connectivity index (χ3n) is 1.16. The second kappa shape index (κ2) is 4.71. The molecule has 1 N–H and O–H groups in total. The lowest BCUT2D eigenvalue weighted by atomic mass is 10.4. The fourth-order valence-corrected chi connectivity index (χ4v) is 1.56. The Hall–Kier alpha value is -0.100. The molecule has 0 bridgehead atoms. The Morgan fingerprint density at radius 1 is 1.73 bits per heavy atom. The van der Waals surface area contributed by atoms with Gasteiger partial charge in [-0.1, -0.05) is 28.7 Å². The van der Waals surface area contributed by atoms with E-state index >= 15 is 0 Å². The monoisotopic (exact) mass is 281 g/mol. The highest BCUT2D eigenvalue weighted by Gasteiger charge is 1.97. The highest BCUT2D eigenvalue weighted by Crippen LogP contribution is 2.07. The number of hydrogen-bond acceptors (Lipinski definition) is 2. The first-order valence-electron chi connectivity index (χ1n) is 3.18. The number of carbonyl (C=O) groups excluding carboxylic acids is 1. The van der Waals surface area contributed by atoms with Crippen LogP contribution in [0.15, 0.2) is 17.5 Å². The Balaban J connectivity index is 2.29. The summed E-state index contributed by atoms with van der Waals surface area (Å²) >= 11 is 3.70. The van der Waals surface area contributed by atoms with Crippen LogP contribution in [0, 0.1) is 0 Å². The highest BCUT2D eigenvalue weighted by atomic mass is 127. The van der Waals surface area contributed by atoms with Gasteiger partial charge in [0.15, 0.2) is 0 Å². The SMILES string of the molecule is O=C(CI)NCc1cccs1. The van der Waals surface area contributed by atoms with Gasteiger partial charge in [0, 0.05) is 4.88 Å². The molecule has 2 nitrogen and oxygen atoms in total. The van der Waals surface area contributed by atoms with Crippen molar-refractivity contribution in [2.75, 3.05) is 4.43 Å². The number of thiophene rings is 1. The number of nitrogens with one attached hydrogen (secondary N) is 1. The normalized spacial score (nSPS) is 9.55. The number of halogens is 1. The molecule has 0 fully saturated rings. The Labute approximate surface area is 83.1 Å². The van der Waals surface area contributed by atoms with Crippen LogP contribution in [0.25, 0.3) is 0 Å². The molecule has 0 aliphatic heterocycles. The maximum absolute atomic E-state index is 10.8. The first-order valence-corrected chi connectivity index (χ1v) is 5.58. The predicted octanol–water partition coefficient (Wildman–Crippen LogP) is 1.80. The van der Waals surface area contributed by atoms with Crippen LogP contribution in [0.3, 0.4) is 0 Å². The van der Waals surface area contributed by atoms with Crippen LogP contribution >= 0.6 is 33.9 Å². The molecule has 4 heteroatoms. The number of carbonyl (C=O) groups is 1. The van der Waals surface area contributed by atoms with Crippen LogP contribution in [-0.4, -0.2) is 10.3 Å². The van der Waals surface area contributed by atoms with Gasteiger partial charge in [-0.05, 0) is 11.4 Å². The molecule has 1 aromatic heterocycles. The fourth-order valence-electron chi connectivity index (χ4n) is 0.646. The maximum Gasteiger partial charge on any atom is 0.230 e.